The molecule has 0 aromatic carbocycles. The average molecular weight is 347 g/mol. The molecule has 6 nitrogen and oxygen atoms in total. The van der Waals surface area contributed by atoms with Crippen LogP contribution in [0.5, 0.6) is 0 Å². The van der Waals surface area contributed by atoms with Gasteiger partial charge in [-0.25, -0.2) is 14.6 Å². The zero-order valence-electron chi connectivity index (χ0n) is 13.0. The molecule has 0 fully saturated rings. The molecule has 0 aliphatic rings. The number of hydrogen-bond donors (Lipinski definition) is 1. The molecule has 25 heavy (non-hydrogen) atoms. The Morgan fingerprint density at radius 3 is 2.64 bits per heavy atom. The van der Waals surface area contributed by atoms with Gasteiger partial charge in [0.25, 0.3) is 0 Å². The van der Waals surface area contributed by atoms with Gasteiger partial charge in [-0.3, -0.25) is 4.79 Å². The van der Waals surface area contributed by atoms with E-state index < -0.39 is 11.9 Å². The van der Waals surface area contributed by atoms with Crippen LogP contribution >= 0.6 is 0 Å². The molecule has 3 rings (SSSR count). The molecule has 0 aliphatic heterocycles. The Morgan fingerprint density at radius 1 is 1.28 bits per heavy atom. The Hall–Kier alpha value is -3.23. The minimum absolute atomic E-state index is 0.349. The second-order valence-electron chi connectivity index (χ2n) is 5.19. The number of rotatable bonds is 3. The summed E-state index contributed by atoms with van der Waals surface area (Å²) in [5, 5.41) is 7.54. The van der Waals surface area contributed by atoms with E-state index in [2.05, 4.69) is 27.0 Å². The first kappa shape index (κ1) is 16.6. The number of halogens is 3. The molecule has 0 bridgehead atoms. The number of nitrogens with zero attached hydrogens (tertiary/aromatic N) is 4. The lowest BCUT2D eigenvalue weighted by Crippen LogP contribution is -2.09. The molecule has 3 aromatic rings. The highest BCUT2D eigenvalue weighted by molar-refractivity contribution is 6.00. The third-order valence-electron chi connectivity index (χ3n) is 3.44. The molecule has 0 atom stereocenters. The minimum Gasteiger partial charge on any atom is -0.321 e. The second kappa shape index (κ2) is 6.00. The number of aromatic nitrogens is 4. The van der Waals surface area contributed by atoms with Crippen molar-refractivity contribution in [3.8, 4) is 5.69 Å². The first-order valence-corrected chi connectivity index (χ1v) is 7.12. The normalized spacial score (nSPS) is 11.5. The van der Waals surface area contributed by atoms with Crippen molar-refractivity contribution in [3.63, 3.8) is 0 Å². The highest BCUT2D eigenvalue weighted by Crippen LogP contribution is 2.28. The van der Waals surface area contributed by atoms with E-state index in [1.807, 2.05) is 0 Å². The maximum atomic E-state index is 12.6. The minimum atomic E-state index is -4.50. The van der Waals surface area contributed by atoms with Gasteiger partial charge in [-0.15, -0.1) is 0 Å². The predicted octanol–water partition coefficient (Wildman–Crippen LogP) is 3.27. The van der Waals surface area contributed by atoms with Crippen molar-refractivity contribution in [1.82, 2.24) is 19.7 Å². The van der Waals surface area contributed by atoms with Gasteiger partial charge in [0.1, 0.15) is 5.69 Å². The van der Waals surface area contributed by atoms with Crippen LogP contribution in [-0.4, -0.2) is 25.7 Å². The third kappa shape index (κ3) is 3.21. The SMILES string of the molecule is C=CC(=O)Nc1cnc2c(c1)c(C)nn2-c1ccc(C(F)(F)F)nc1. The fourth-order valence-electron chi connectivity index (χ4n) is 2.26. The fraction of sp³-hybridized carbons (Fsp3) is 0.125. The van der Waals surface area contributed by atoms with Crippen molar-refractivity contribution >= 4 is 22.6 Å². The van der Waals surface area contributed by atoms with Crippen LogP contribution < -0.4 is 5.32 Å². The van der Waals surface area contributed by atoms with Crippen LogP contribution in [-0.2, 0) is 11.0 Å². The zero-order valence-corrected chi connectivity index (χ0v) is 13.0. The summed E-state index contributed by atoms with van der Waals surface area (Å²) in [5.74, 6) is -0.377. The molecule has 0 saturated heterocycles. The molecule has 0 radical (unpaired) electrons. The summed E-state index contributed by atoms with van der Waals surface area (Å²) in [4.78, 5) is 19.0. The van der Waals surface area contributed by atoms with Gasteiger partial charge in [-0.2, -0.15) is 18.3 Å². The van der Waals surface area contributed by atoms with Gasteiger partial charge in [-0.1, -0.05) is 6.58 Å². The van der Waals surface area contributed by atoms with Gasteiger partial charge < -0.3 is 5.32 Å². The number of nitrogens with one attached hydrogen (secondary N) is 1. The summed E-state index contributed by atoms with van der Waals surface area (Å²) in [6.45, 7) is 5.10. The lowest BCUT2D eigenvalue weighted by molar-refractivity contribution is -0.141. The molecule has 128 valence electrons. The van der Waals surface area contributed by atoms with E-state index in [1.165, 1.54) is 16.9 Å². The number of amides is 1. The highest BCUT2D eigenvalue weighted by atomic mass is 19.4. The summed E-state index contributed by atoms with van der Waals surface area (Å²) in [7, 11) is 0. The monoisotopic (exact) mass is 347 g/mol. The number of aryl methyl sites for hydroxylation is 1. The number of anilines is 1. The topological polar surface area (TPSA) is 72.7 Å². The summed E-state index contributed by atoms with van der Waals surface area (Å²) in [5.41, 5.74) is 0.881. The van der Waals surface area contributed by atoms with E-state index >= 15 is 0 Å². The Balaban J connectivity index is 2.03. The third-order valence-corrected chi connectivity index (χ3v) is 3.44. The van der Waals surface area contributed by atoms with Crippen molar-refractivity contribution in [1.29, 1.82) is 0 Å². The molecule has 1 amide bonds. The quantitative estimate of drug-likeness (QED) is 0.738. The smallest absolute Gasteiger partial charge is 0.321 e. The number of pyridine rings is 2. The van der Waals surface area contributed by atoms with Crippen molar-refractivity contribution < 1.29 is 18.0 Å². The molecule has 3 aromatic heterocycles. The van der Waals surface area contributed by atoms with Gasteiger partial charge in [0.2, 0.25) is 5.91 Å². The molecule has 3 heterocycles. The molecule has 1 N–H and O–H groups in total. The van der Waals surface area contributed by atoms with Crippen LogP contribution in [0, 0.1) is 6.92 Å². The summed E-state index contributed by atoms with van der Waals surface area (Å²) in [6.07, 6.45) is -0.853. The Morgan fingerprint density at radius 2 is 2.04 bits per heavy atom. The van der Waals surface area contributed by atoms with Gasteiger partial charge in [-0.05, 0) is 31.2 Å². The summed E-state index contributed by atoms with van der Waals surface area (Å²) in [6, 6.07) is 3.84. The van der Waals surface area contributed by atoms with Crippen LogP contribution in [0.4, 0.5) is 18.9 Å². The molecule has 0 aliphatic carbocycles. The van der Waals surface area contributed by atoms with E-state index in [-0.39, 0.29) is 5.91 Å². The first-order chi connectivity index (χ1) is 11.8. The molecule has 0 spiro atoms. The van der Waals surface area contributed by atoms with E-state index in [4.69, 9.17) is 0 Å². The van der Waals surface area contributed by atoms with E-state index in [9.17, 15) is 18.0 Å². The van der Waals surface area contributed by atoms with Gasteiger partial charge >= 0.3 is 6.18 Å². The largest absolute Gasteiger partial charge is 0.433 e. The predicted molar refractivity (Wildman–Crippen MR) is 85.2 cm³/mol. The van der Waals surface area contributed by atoms with Crippen molar-refractivity contribution in [2.75, 3.05) is 5.32 Å². The van der Waals surface area contributed by atoms with Crippen molar-refractivity contribution in [2.45, 2.75) is 13.1 Å². The summed E-state index contributed by atoms with van der Waals surface area (Å²) < 4.78 is 39.3. The van der Waals surface area contributed by atoms with Crippen LogP contribution in [0.2, 0.25) is 0 Å². The molecular weight excluding hydrogens is 335 g/mol. The van der Waals surface area contributed by atoms with Crippen LogP contribution in [0.1, 0.15) is 11.4 Å². The lowest BCUT2D eigenvalue weighted by Gasteiger charge is -2.07. The highest BCUT2D eigenvalue weighted by Gasteiger charge is 2.32. The fourth-order valence-corrected chi connectivity index (χ4v) is 2.26. The number of hydrogen-bond acceptors (Lipinski definition) is 4. The van der Waals surface area contributed by atoms with Gasteiger partial charge in [0, 0.05) is 5.39 Å². The average Bonchev–Trinajstić information content (AvgIpc) is 2.90. The van der Waals surface area contributed by atoms with E-state index in [1.54, 1.807) is 13.0 Å². The number of fused-ring (bicyclic) bond motifs is 1. The standard InChI is InChI=1S/C16H12F3N5O/c1-3-14(25)22-10-6-12-9(2)23-24(15(12)21-7-10)11-4-5-13(20-8-11)16(17,18)19/h3-8H,1H2,2H3,(H,22,25). The van der Waals surface area contributed by atoms with Crippen LogP contribution in [0.3, 0.4) is 0 Å². The summed E-state index contributed by atoms with van der Waals surface area (Å²) >= 11 is 0. The first-order valence-electron chi connectivity index (χ1n) is 7.12. The number of alkyl halides is 3. The lowest BCUT2D eigenvalue weighted by atomic mass is 10.2. The van der Waals surface area contributed by atoms with Crippen molar-refractivity contribution in [3.05, 3.63) is 54.6 Å². The van der Waals surface area contributed by atoms with E-state index in [0.717, 1.165) is 18.3 Å². The molecule has 0 saturated carbocycles. The van der Waals surface area contributed by atoms with Crippen LogP contribution in [0.25, 0.3) is 16.7 Å². The van der Waals surface area contributed by atoms with Gasteiger partial charge in [0.15, 0.2) is 5.65 Å². The number of carbonyl (C=O) groups excluding carboxylic acids is 1. The Kier molecular flexibility index (Phi) is 3.99. The van der Waals surface area contributed by atoms with E-state index in [0.29, 0.717) is 28.1 Å². The molecular formula is C16H12F3N5O. The maximum Gasteiger partial charge on any atom is 0.433 e. The Bertz CT molecular complexity index is 960. The second-order valence-corrected chi connectivity index (χ2v) is 5.19. The number of carbonyl (C=O) groups is 1. The van der Waals surface area contributed by atoms with Gasteiger partial charge in [0.05, 0.1) is 29.5 Å². The molecule has 0 unspecified atom stereocenters. The van der Waals surface area contributed by atoms with Crippen LogP contribution in [0.15, 0.2) is 43.2 Å². The molecule has 9 heteroatoms. The van der Waals surface area contributed by atoms with Crippen molar-refractivity contribution in [2.24, 2.45) is 0 Å². The zero-order chi connectivity index (χ0) is 18.2. The maximum absolute atomic E-state index is 12.6. The Labute approximate surface area is 140 Å².